The van der Waals surface area contributed by atoms with Crippen LogP contribution >= 0.6 is 34.8 Å². The van der Waals surface area contributed by atoms with Gasteiger partial charge >= 0.3 is 0 Å². The van der Waals surface area contributed by atoms with Crippen LogP contribution in [0.1, 0.15) is 0 Å². The molecular weight excluding hydrogens is 174 g/mol. The molecule has 5 heteroatoms. The largest absolute Gasteiger partial charge is 0.240 e. The van der Waals surface area contributed by atoms with Gasteiger partial charge in [-0.2, -0.15) is 0 Å². The molecule has 0 aliphatic carbocycles. The normalized spacial score (nSPS) is 12.0. The van der Waals surface area contributed by atoms with Gasteiger partial charge in [-0.25, -0.2) is 9.78 Å². The molecule has 0 aliphatic rings. The maximum Gasteiger partial charge on any atom is 0.216 e. The number of rotatable bonds is 2. The molecule has 0 aromatic carbocycles. The molecule has 0 radical (unpaired) electrons. The molecule has 0 aromatic heterocycles. The summed E-state index contributed by atoms with van der Waals surface area (Å²) in [5.74, 6) is 0. The van der Waals surface area contributed by atoms with Crippen molar-refractivity contribution in [2.75, 3.05) is 13.7 Å². The summed E-state index contributed by atoms with van der Waals surface area (Å²) >= 11 is 15.7. The minimum Gasteiger partial charge on any atom is -0.240 e. The van der Waals surface area contributed by atoms with Gasteiger partial charge < -0.3 is 0 Å². The van der Waals surface area contributed by atoms with Gasteiger partial charge in [-0.05, 0) is 0 Å². The first-order valence-electron chi connectivity index (χ1n) is 1.78. The van der Waals surface area contributed by atoms with Gasteiger partial charge in [0.25, 0.3) is 0 Å². The molecule has 0 N–H and O–H groups in total. The van der Waals surface area contributed by atoms with Gasteiger partial charge in [-0.1, -0.05) is 34.8 Å². The molecule has 0 fully saturated rings. The Labute approximate surface area is 62.5 Å². The fraction of sp³-hybridized carbons (Fsp3) is 1.00. The minimum absolute atomic E-state index is 0.0613. The van der Waals surface area contributed by atoms with Crippen LogP contribution in [0.5, 0.6) is 0 Å². The van der Waals surface area contributed by atoms with Crippen molar-refractivity contribution >= 4 is 34.8 Å². The van der Waals surface area contributed by atoms with Crippen LogP contribution in [-0.4, -0.2) is 17.5 Å². The number of alkyl halides is 3. The van der Waals surface area contributed by atoms with Crippen molar-refractivity contribution in [1.82, 2.24) is 0 Å². The van der Waals surface area contributed by atoms with Gasteiger partial charge in [0, 0.05) is 0 Å². The monoisotopic (exact) mass is 178 g/mol. The maximum atomic E-state index is 5.24. The SMILES string of the molecule is COOCC(Cl)(Cl)Cl. The molecule has 0 rings (SSSR count). The second kappa shape index (κ2) is 3.75. The summed E-state index contributed by atoms with van der Waals surface area (Å²) < 4.78 is -1.38. The van der Waals surface area contributed by atoms with E-state index in [0.29, 0.717) is 0 Å². The number of hydrogen-bond donors (Lipinski definition) is 0. The number of hydrogen-bond acceptors (Lipinski definition) is 2. The van der Waals surface area contributed by atoms with Gasteiger partial charge in [0.05, 0.1) is 7.11 Å². The predicted octanol–water partition coefficient (Wildman–Crippen LogP) is 1.93. The lowest BCUT2D eigenvalue weighted by Crippen LogP contribution is -2.11. The Kier molecular flexibility index (Phi) is 4.12. The van der Waals surface area contributed by atoms with Crippen molar-refractivity contribution in [3.05, 3.63) is 0 Å². The van der Waals surface area contributed by atoms with Crippen LogP contribution in [0, 0.1) is 0 Å². The van der Waals surface area contributed by atoms with E-state index in [9.17, 15) is 0 Å². The molecule has 0 saturated carbocycles. The summed E-state index contributed by atoms with van der Waals surface area (Å²) in [6, 6.07) is 0. The zero-order chi connectivity index (χ0) is 6.62. The second-order valence-corrected chi connectivity index (χ2v) is 3.56. The maximum absolute atomic E-state index is 5.24. The van der Waals surface area contributed by atoms with Gasteiger partial charge in [-0.3, -0.25) is 0 Å². The minimum atomic E-state index is -1.38. The molecule has 0 saturated heterocycles. The smallest absolute Gasteiger partial charge is 0.216 e. The van der Waals surface area contributed by atoms with E-state index in [1.54, 1.807) is 0 Å². The summed E-state index contributed by atoms with van der Waals surface area (Å²) in [5.41, 5.74) is 0. The van der Waals surface area contributed by atoms with Crippen LogP contribution < -0.4 is 0 Å². The third kappa shape index (κ3) is 6.79. The highest BCUT2D eigenvalue weighted by atomic mass is 35.6. The Hall–Kier alpha value is 0.790. The first-order chi connectivity index (χ1) is 3.56. The molecule has 0 aliphatic heterocycles. The van der Waals surface area contributed by atoms with E-state index in [1.807, 2.05) is 0 Å². The highest BCUT2D eigenvalue weighted by molar-refractivity contribution is 6.67. The van der Waals surface area contributed by atoms with Crippen molar-refractivity contribution in [3.63, 3.8) is 0 Å². The van der Waals surface area contributed by atoms with Crippen LogP contribution in [0.2, 0.25) is 0 Å². The summed E-state index contributed by atoms with van der Waals surface area (Å²) in [7, 11) is 1.34. The molecule has 0 atom stereocenters. The molecule has 0 bridgehead atoms. The summed E-state index contributed by atoms with van der Waals surface area (Å²) in [5, 5.41) is 0. The molecule has 0 heterocycles. The van der Waals surface area contributed by atoms with E-state index in [-0.39, 0.29) is 6.61 Å². The molecule has 0 spiro atoms. The van der Waals surface area contributed by atoms with Crippen molar-refractivity contribution < 1.29 is 9.78 Å². The van der Waals surface area contributed by atoms with E-state index >= 15 is 0 Å². The summed E-state index contributed by atoms with van der Waals surface area (Å²) in [4.78, 5) is 8.47. The zero-order valence-electron chi connectivity index (χ0n) is 4.16. The first-order valence-corrected chi connectivity index (χ1v) is 2.92. The van der Waals surface area contributed by atoms with Crippen LogP contribution in [0.15, 0.2) is 0 Å². The number of halogens is 3. The quantitative estimate of drug-likeness (QED) is 0.366. The molecule has 2 nitrogen and oxygen atoms in total. The predicted molar refractivity (Wildman–Crippen MR) is 33.3 cm³/mol. The lowest BCUT2D eigenvalue weighted by Gasteiger charge is -2.07. The standard InChI is InChI=1S/C3H5Cl3O2/c1-7-8-2-3(4,5)6/h2H2,1H3. The highest BCUT2D eigenvalue weighted by Crippen LogP contribution is 2.25. The lowest BCUT2D eigenvalue weighted by atomic mass is 10.8. The van der Waals surface area contributed by atoms with E-state index in [1.165, 1.54) is 7.11 Å². The van der Waals surface area contributed by atoms with Gasteiger partial charge in [-0.15, -0.1) is 0 Å². The van der Waals surface area contributed by atoms with E-state index < -0.39 is 3.79 Å². The Bertz CT molecular complexity index is 60.0. The fourth-order valence-corrected chi connectivity index (χ4v) is 0.259. The van der Waals surface area contributed by atoms with Gasteiger partial charge in [0.15, 0.2) is 0 Å². The third-order valence-electron chi connectivity index (χ3n) is 0.340. The molecule has 0 aromatic rings. The van der Waals surface area contributed by atoms with E-state index in [2.05, 4.69) is 9.78 Å². The van der Waals surface area contributed by atoms with Gasteiger partial charge in [0.1, 0.15) is 6.61 Å². The Morgan fingerprint density at radius 2 is 1.88 bits per heavy atom. The van der Waals surface area contributed by atoms with E-state index in [0.717, 1.165) is 0 Å². The molecule has 50 valence electrons. The third-order valence-corrected chi connectivity index (χ3v) is 0.668. The van der Waals surface area contributed by atoms with Crippen molar-refractivity contribution in [2.24, 2.45) is 0 Å². The second-order valence-electron chi connectivity index (χ2n) is 1.04. The average Bonchev–Trinajstić information content (AvgIpc) is 1.59. The Morgan fingerprint density at radius 1 is 1.38 bits per heavy atom. The molecule has 0 unspecified atom stereocenters. The Balaban J connectivity index is 3.11. The Morgan fingerprint density at radius 3 is 2.00 bits per heavy atom. The summed E-state index contributed by atoms with van der Waals surface area (Å²) in [6.45, 7) is -0.0613. The first kappa shape index (κ1) is 8.79. The highest BCUT2D eigenvalue weighted by Gasteiger charge is 2.19. The van der Waals surface area contributed by atoms with Gasteiger partial charge in [0.2, 0.25) is 3.79 Å². The average molecular weight is 179 g/mol. The zero-order valence-corrected chi connectivity index (χ0v) is 6.43. The van der Waals surface area contributed by atoms with Crippen molar-refractivity contribution in [3.8, 4) is 0 Å². The van der Waals surface area contributed by atoms with Crippen LogP contribution in [0.3, 0.4) is 0 Å². The molecule has 8 heavy (non-hydrogen) atoms. The van der Waals surface area contributed by atoms with Crippen LogP contribution in [0.4, 0.5) is 0 Å². The van der Waals surface area contributed by atoms with Crippen LogP contribution in [-0.2, 0) is 9.78 Å². The molecular formula is C3H5Cl3O2. The van der Waals surface area contributed by atoms with Crippen molar-refractivity contribution in [2.45, 2.75) is 3.79 Å². The lowest BCUT2D eigenvalue weighted by molar-refractivity contribution is -0.270. The fourth-order valence-electron chi connectivity index (χ4n) is 0.126. The van der Waals surface area contributed by atoms with Crippen molar-refractivity contribution in [1.29, 1.82) is 0 Å². The molecule has 0 amide bonds. The summed E-state index contributed by atoms with van der Waals surface area (Å²) in [6.07, 6.45) is 0. The van der Waals surface area contributed by atoms with Crippen LogP contribution in [0.25, 0.3) is 0 Å². The topological polar surface area (TPSA) is 18.5 Å². The van der Waals surface area contributed by atoms with E-state index in [4.69, 9.17) is 34.8 Å².